The maximum absolute atomic E-state index is 13.4. The highest BCUT2D eigenvalue weighted by molar-refractivity contribution is 7.89. The van der Waals surface area contributed by atoms with Crippen LogP contribution < -0.4 is 0 Å². The van der Waals surface area contributed by atoms with Gasteiger partial charge in [0, 0.05) is 18.8 Å². The Morgan fingerprint density at radius 1 is 0.967 bits per heavy atom. The molecule has 0 amide bonds. The number of benzene rings is 2. The Bertz CT molecular complexity index is 1110. The van der Waals surface area contributed by atoms with Crippen LogP contribution in [0.3, 0.4) is 0 Å². The molecule has 0 aliphatic carbocycles. The fourth-order valence-electron chi connectivity index (χ4n) is 3.36. The lowest BCUT2D eigenvalue weighted by molar-refractivity contribution is 0.0519. The Balaban J connectivity index is 2.01. The summed E-state index contributed by atoms with van der Waals surface area (Å²) in [7, 11) is -3.75. The topological polar surface area (TPSA) is 79.5 Å². The molecule has 0 aliphatic rings. The van der Waals surface area contributed by atoms with Gasteiger partial charge in [-0.1, -0.05) is 48.5 Å². The lowest BCUT2D eigenvalue weighted by Gasteiger charge is -2.23. The van der Waals surface area contributed by atoms with E-state index in [1.165, 1.54) is 4.31 Å². The molecule has 0 bridgehead atoms. The van der Waals surface area contributed by atoms with Crippen LogP contribution in [0, 0.1) is 13.8 Å². The smallest absolute Gasteiger partial charge is 0.355 e. The van der Waals surface area contributed by atoms with E-state index < -0.39 is 16.0 Å². The van der Waals surface area contributed by atoms with Crippen LogP contribution >= 0.6 is 0 Å². The SMILES string of the molecule is CCOC(=O)c1[nH]c(C)c(CN(Cc2ccccc2)S(=O)(=O)c2ccccc2)c1C. The van der Waals surface area contributed by atoms with Gasteiger partial charge in [-0.15, -0.1) is 0 Å². The number of sulfonamides is 1. The highest BCUT2D eigenvalue weighted by atomic mass is 32.2. The molecule has 1 heterocycles. The van der Waals surface area contributed by atoms with Crippen LogP contribution in [0.15, 0.2) is 65.6 Å². The van der Waals surface area contributed by atoms with E-state index in [0.717, 1.165) is 16.8 Å². The standard InChI is InChI=1S/C23H26N2O4S/c1-4-29-23(26)22-17(2)21(18(3)24-22)16-25(15-19-11-7-5-8-12-19)30(27,28)20-13-9-6-10-14-20/h5-14,24H,4,15-16H2,1-3H3. The first-order valence-electron chi connectivity index (χ1n) is 9.78. The number of hydrogen-bond acceptors (Lipinski definition) is 4. The Morgan fingerprint density at radius 2 is 1.57 bits per heavy atom. The van der Waals surface area contributed by atoms with Crippen molar-refractivity contribution >= 4 is 16.0 Å². The largest absolute Gasteiger partial charge is 0.461 e. The summed E-state index contributed by atoms with van der Waals surface area (Å²) in [6.45, 7) is 6.02. The minimum absolute atomic E-state index is 0.139. The molecule has 2 aromatic carbocycles. The predicted octanol–water partition coefficient (Wildman–Crippen LogP) is 4.20. The van der Waals surface area contributed by atoms with Gasteiger partial charge >= 0.3 is 5.97 Å². The summed E-state index contributed by atoms with van der Waals surface area (Å²) in [6.07, 6.45) is 0. The zero-order chi connectivity index (χ0) is 21.7. The third-order valence-electron chi connectivity index (χ3n) is 4.99. The zero-order valence-corrected chi connectivity index (χ0v) is 18.2. The van der Waals surface area contributed by atoms with E-state index in [-0.39, 0.29) is 24.6 Å². The van der Waals surface area contributed by atoms with Gasteiger partial charge in [0.1, 0.15) is 5.69 Å². The quantitative estimate of drug-likeness (QED) is 0.548. The van der Waals surface area contributed by atoms with Gasteiger partial charge in [-0.25, -0.2) is 13.2 Å². The molecule has 30 heavy (non-hydrogen) atoms. The summed E-state index contributed by atoms with van der Waals surface area (Å²) in [5.74, 6) is -0.440. The monoisotopic (exact) mass is 426 g/mol. The molecule has 0 spiro atoms. The molecular weight excluding hydrogens is 400 g/mol. The van der Waals surface area contributed by atoms with E-state index in [4.69, 9.17) is 4.74 Å². The van der Waals surface area contributed by atoms with Crippen LogP contribution in [0.4, 0.5) is 0 Å². The van der Waals surface area contributed by atoms with Crippen LogP contribution in [0.2, 0.25) is 0 Å². The maximum atomic E-state index is 13.4. The lowest BCUT2D eigenvalue weighted by atomic mass is 10.1. The first-order chi connectivity index (χ1) is 14.3. The number of carbonyl (C=O) groups is 1. The third-order valence-corrected chi connectivity index (χ3v) is 6.80. The Labute approximate surface area is 177 Å². The molecule has 0 aliphatic heterocycles. The summed E-state index contributed by atoms with van der Waals surface area (Å²) in [5.41, 5.74) is 3.47. The van der Waals surface area contributed by atoms with Gasteiger partial charge in [-0.05, 0) is 49.6 Å². The number of aromatic amines is 1. The number of hydrogen-bond donors (Lipinski definition) is 1. The van der Waals surface area contributed by atoms with E-state index in [9.17, 15) is 13.2 Å². The highest BCUT2D eigenvalue weighted by Gasteiger charge is 2.28. The summed E-state index contributed by atoms with van der Waals surface area (Å²) in [6, 6.07) is 17.8. The summed E-state index contributed by atoms with van der Waals surface area (Å²) >= 11 is 0. The van der Waals surface area contributed by atoms with E-state index in [1.807, 2.05) is 37.3 Å². The molecule has 0 atom stereocenters. The zero-order valence-electron chi connectivity index (χ0n) is 17.4. The fraction of sp³-hybridized carbons (Fsp3) is 0.261. The second-order valence-corrected chi connectivity index (χ2v) is 8.96. The number of nitrogens with one attached hydrogen (secondary N) is 1. The summed E-state index contributed by atoms with van der Waals surface area (Å²) < 4.78 is 33.4. The number of esters is 1. The molecule has 0 saturated heterocycles. The van der Waals surface area contributed by atoms with Crippen molar-refractivity contribution in [3.8, 4) is 0 Å². The first kappa shape index (κ1) is 21.8. The number of rotatable bonds is 8. The average Bonchev–Trinajstić information content (AvgIpc) is 3.03. The van der Waals surface area contributed by atoms with Crippen molar-refractivity contribution in [3.05, 3.63) is 88.7 Å². The summed E-state index contributed by atoms with van der Waals surface area (Å²) in [4.78, 5) is 15.5. The molecule has 0 unspecified atom stereocenters. The Hall–Kier alpha value is -2.90. The third kappa shape index (κ3) is 4.63. The van der Waals surface area contributed by atoms with Crippen molar-refractivity contribution < 1.29 is 17.9 Å². The van der Waals surface area contributed by atoms with Crippen molar-refractivity contribution in [2.45, 2.75) is 38.8 Å². The molecule has 7 heteroatoms. The van der Waals surface area contributed by atoms with Crippen molar-refractivity contribution in [2.24, 2.45) is 0 Å². The van der Waals surface area contributed by atoms with E-state index in [1.54, 1.807) is 44.2 Å². The minimum Gasteiger partial charge on any atom is -0.461 e. The van der Waals surface area contributed by atoms with Gasteiger partial charge in [0.15, 0.2) is 0 Å². The van der Waals surface area contributed by atoms with Crippen LogP contribution in [0.25, 0.3) is 0 Å². The number of H-pyrrole nitrogens is 1. The minimum atomic E-state index is -3.75. The highest BCUT2D eigenvalue weighted by Crippen LogP contribution is 2.26. The van der Waals surface area contributed by atoms with E-state index in [0.29, 0.717) is 11.3 Å². The average molecular weight is 427 g/mol. The van der Waals surface area contributed by atoms with Crippen LogP contribution in [-0.2, 0) is 27.8 Å². The second-order valence-electron chi connectivity index (χ2n) is 7.02. The molecule has 6 nitrogen and oxygen atoms in total. The number of ether oxygens (including phenoxy) is 1. The molecule has 0 saturated carbocycles. The lowest BCUT2D eigenvalue weighted by Crippen LogP contribution is -2.30. The summed E-state index contributed by atoms with van der Waals surface area (Å²) in [5, 5.41) is 0. The van der Waals surface area contributed by atoms with Gasteiger partial charge < -0.3 is 9.72 Å². The van der Waals surface area contributed by atoms with E-state index >= 15 is 0 Å². The van der Waals surface area contributed by atoms with Crippen molar-refractivity contribution in [1.29, 1.82) is 0 Å². The second kappa shape index (κ2) is 9.28. The van der Waals surface area contributed by atoms with Gasteiger partial charge in [-0.2, -0.15) is 4.31 Å². The molecule has 1 aromatic heterocycles. The first-order valence-corrected chi connectivity index (χ1v) is 11.2. The number of aromatic nitrogens is 1. The number of nitrogens with zero attached hydrogens (tertiary/aromatic N) is 1. The molecule has 0 fully saturated rings. The Morgan fingerprint density at radius 3 is 2.17 bits per heavy atom. The van der Waals surface area contributed by atoms with Gasteiger partial charge in [0.25, 0.3) is 0 Å². The van der Waals surface area contributed by atoms with Crippen LogP contribution in [0.1, 0.15) is 39.8 Å². The van der Waals surface area contributed by atoms with E-state index in [2.05, 4.69) is 4.98 Å². The molecule has 1 N–H and O–H groups in total. The number of carbonyl (C=O) groups excluding carboxylic acids is 1. The normalized spacial score (nSPS) is 11.6. The molecule has 0 radical (unpaired) electrons. The van der Waals surface area contributed by atoms with Gasteiger partial charge in [0.2, 0.25) is 10.0 Å². The van der Waals surface area contributed by atoms with Gasteiger partial charge in [-0.3, -0.25) is 0 Å². The van der Waals surface area contributed by atoms with Crippen molar-refractivity contribution in [3.63, 3.8) is 0 Å². The van der Waals surface area contributed by atoms with Crippen LogP contribution in [-0.4, -0.2) is 30.3 Å². The van der Waals surface area contributed by atoms with Crippen molar-refractivity contribution in [2.75, 3.05) is 6.61 Å². The fourth-order valence-corrected chi connectivity index (χ4v) is 4.78. The number of aryl methyl sites for hydroxylation is 1. The Kier molecular flexibility index (Phi) is 6.74. The molecule has 158 valence electrons. The predicted molar refractivity (Wildman–Crippen MR) is 116 cm³/mol. The van der Waals surface area contributed by atoms with Gasteiger partial charge in [0.05, 0.1) is 11.5 Å². The maximum Gasteiger partial charge on any atom is 0.355 e. The molecule has 3 aromatic rings. The molecular formula is C23H26N2O4S. The molecule has 3 rings (SSSR count). The van der Waals surface area contributed by atoms with Crippen molar-refractivity contribution in [1.82, 2.24) is 9.29 Å². The van der Waals surface area contributed by atoms with Crippen LogP contribution in [0.5, 0.6) is 0 Å².